The van der Waals surface area contributed by atoms with E-state index in [9.17, 15) is 4.79 Å². The Morgan fingerprint density at radius 2 is 1.59 bits per heavy atom. The molecule has 142 valence electrons. The summed E-state index contributed by atoms with van der Waals surface area (Å²) in [5, 5.41) is 10.8. The average molecular weight is 419 g/mol. The van der Waals surface area contributed by atoms with Crippen LogP contribution < -0.4 is 5.56 Å². The van der Waals surface area contributed by atoms with Crippen LogP contribution in [0.1, 0.15) is 5.56 Å². The van der Waals surface area contributed by atoms with Gasteiger partial charge in [0.05, 0.1) is 16.6 Å². The first-order valence-corrected chi connectivity index (χ1v) is 10.4. The van der Waals surface area contributed by atoms with Crippen molar-refractivity contribution < 1.29 is 0 Å². The molecule has 0 aliphatic rings. The molecule has 0 atom stereocenters. The fourth-order valence-corrected chi connectivity index (χ4v) is 4.33. The molecular formula is C22H15ClN4OS. The van der Waals surface area contributed by atoms with Gasteiger partial charge in [0.25, 0.3) is 5.56 Å². The molecule has 2 heterocycles. The normalized spacial score (nSPS) is 11.3. The third-order valence-electron chi connectivity index (χ3n) is 4.69. The second-order valence-corrected chi connectivity index (χ2v) is 7.91. The highest BCUT2D eigenvalue weighted by Crippen LogP contribution is 2.26. The maximum atomic E-state index is 13.2. The number of thioether (sulfide) groups is 1. The summed E-state index contributed by atoms with van der Waals surface area (Å²) in [6, 6.07) is 24.8. The van der Waals surface area contributed by atoms with Crippen molar-refractivity contribution in [1.29, 1.82) is 0 Å². The van der Waals surface area contributed by atoms with Crippen LogP contribution >= 0.6 is 23.4 Å². The van der Waals surface area contributed by atoms with Crippen molar-refractivity contribution in [2.75, 3.05) is 0 Å². The number of nitrogens with zero attached hydrogens (tertiary/aromatic N) is 4. The standard InChI is InChI=1S/C22H15ClN4OS/c23-16-12-10-15(11-13-16)14-29-22-25-24-21-26(17-6-2-1-3-7-17)20(28)18-8-4-5-9-19(18)27(21)22/h1-13H,14H2. The molecule has 0 radical (unpaired) electrons. The average Bonchev–Trinajstić information content (AvgIpc) is 3.18. The van der Waals surface area contributed by atoms with Crippen LogP contribution in [0.4, 0.5) is 0 Å². The quantitative estimate of drug-likeness (QED) is 0.386. The summed E-state index contributed by atoms with van der Waals surface area (Å²) in [4.78, 5) is 13.2. The van der Waals surface area contributed by atoms with E-state index in [-0.39, 0.29) is 5.56 Å². The molecule has 0 spiro atoms. The van der Waals surface area contributed by atoms with E-state index in [4.69, 9.17) is 11.6 Å². The van der Waals surface area contributed by atoms with Crippen LogP contribution in [0, 0.1) is 0 Å². The molecule has 0 N–H and O–H groups in total. The van der Waals surface area contributed by atoms with Gasteiger partial charge in [0, 0.05) is 10.8 Å². The van der Waals surface area contributed by atoms with Gasteiger partial charge in [-0.3, -0.25) is 9.20 Å². The van der Waals surface area contributed by atoms with Gasteiger partial charge in [-0.05, 0) is 42.0 Å². The molecule has 5 rings (SSSR count). The molecule has 0 aliphatic carbocycles. The molecule has 0 unspecified atom stereocenters. The smallest absolute Gasteiger partial charge is 0.267 e. The summed E-state index contributed by atoms with van der Waals surface area (Å²) in [7, 11) is 0. The number of benzene rings is 3. The topological polar surface area (TPSA) is 52.2 Å². The second kappa shape index (κ2) is 7.39. The van der Waals surface area contributed by atoms with Gasteiger partial charge < -0.3 is 0 Å². The van der Waals surface area contributed by atoms with Crippen LogP contribution in [0.2, 0.25) is 5.02 Å². The Balaban J connectivity index is 1.70. The molecule has 2 aromatic heterocycles. The lowest BCUT2D eigenvalue weighted by Crippen LogP contribution is -2.21. The van der Waals surface area contributed by atoms with E-state index >= 15 is 0 Å². The van der Waals surface area contributed by atoms with Gasteiger partial charge in [-0.2, -0.15) is 0 Å². The third-order valence-corrected chi connectivity index (χ3v) is 5.94. The number of hydrogen-bond donors (Lipinski definition) is 0. The van der Waals surface area contributed by atoms with Crippen molar-refractivity contribution in [3.05, 3.63) is 99.8 Å². The van der Waals surface area contributed by atoms with Gasteiger partial charge >= 0.3 is 0 Å². The van der Waals surface area contributed by atoms with Crippen LogP contribution in [-0.2, 0) is 5.75 Å². The monoisotopic (exact) mass is 418 g/mol. The summed E-state index contributed by atoms with van der Waals surface area (Å²) in [6.07, 6.45) is 0. The fourth-order valence-electron chi connectivity index (χ4n) is 3.31. The van der Waals surface area contributed by atoms with Crippen LogP contribution in [0.15, 0.2) is 88.8 Å². The minimum absolute atomic E-state index is 0.110. The lowest BCUT2D eigenvalue weighted by molar-refractivity contribution is 0.930. The van der Waals surface area contributed by atoms with Crippen molar-refractivity contribution in [2.24, 2.45) is 0 Å². The van der Waals surface area contributed by atoms with Gasteiger partial charge in [0.2, 0.25) is 5.78 Å². The number of fused-ring (bicyclic) bond motifs is 3. The number of aromatic nitrogens is 4. The van der Waals surface area contributed by atoms with E-state index < -0.39 is 0 Å². The lowest BCUT2D eigenvalue weighted by Gasteiger charge is -2.11. The minimum Gasteiger partial charge on any atom is -0.268 e. The van der Waals surface area contributed by atoms with Gasteiger partial charge in [-0.25, -0.2) is 4.57 Å². The number of hydrogen-bond acceptors (Lipinski definition) is 4. The Morgan fingerprint density at radius 3 is 2.38 bits per heavy atom. The van der Waals surface area contributed by atoms with Crippen molar-refractivity contribution in [1.82, 2.24) is 19.2 Å². The lowest BCUT2D eigenvalue weighted by atomic mass is 10.2. The van der Waals surface area contributed by atoms with E-state index in [0.29, 0.717) is 16.2 Å². The van der Waals surface area contributed by atoms with E-state index in [1.165, 1.54) is 0 Å². The third kappa shape index (κ3) is 3.20. The molecule has 5 aromatic rings. The molecule has 0 amide bonds. The molecule has 29 heavy (non-hydrogen) atoms. The Kier molecular flexibility index (Phi) is 4.58. The Labute approximate surface area is 175 Å². The van der Waals surface area contributed by atoms with E-state index in [1.807, 2.05) is 83.3 Å². The fraction of sp³-hybridized carbons (Fsp3) is 0.0455. The number of para-hydroxylation sites is 2. The Hall–Kier alpha value is -3.09. The van der Waals surface area contributed by atoms with Gasteiger partial charge in [0.1, 0.15) is 0 Å². The summed E-state index contributed by atoms with van der Waals surface area (Å²) in [5.41, 5.74) is 2.58. The zero-order valence-corrected chi connectivity index (χ0v) is 16.8. The highest BCUT2D eigenvalue weighted by molar-refractivity contribution is 7.98. The van der Waals surface area contributed by atoms with Crippen LogP contribution in [-0.4, -0.2) is 19.2 Å². The zero-order chi connectivity index (χ0) is 19.8. The molecule has 0 saturated carbocycles. The van der Waals surface area contributed by atoms with Crippen LogP contribution in [0.25, 0.3) is 22.4 Å². The Bertz CT molecular complexity index is 1380. The van der Waals surface area contributed by atoms with E-state index in [1.54, 1.807) is 16.3 Å². The second-order valence-electron chi connectivity index (χ2n) is 6.53. The molecule has 5 nitrogen and oxygen atoms in total. The minimum atomic E-state index is -0.110. The van der Waals surface area contributed by atoms with Crippen molar-refractivity contribution in [3.63, 3.8) is 0 Å². The summed E-state index contributed by atoms with van der Waals surface area (Å²) < 4.78 is 3.56. The maximum absolute atomic E-state index is 13.2. The summed E-state index contributed by atoms with van der Waals surface area (Å²) in [5.74, 6) is 1.22. The van der Waals surface area contributed by atoms with Crippen molar-refractivity contribution >= 4 is 40.0 Å². The molecular weight excluding hydrogens is 404 g/mol. The summed E-state index contributed by atoms with van der Waals surface area (Å²) in [6.45, 7) is 0. The van der Waals surface area contributed by atoms with Crippen LogP contribution in [0.3, 0.4) is 0 Å². The zero-order valence-electron chi connectivity index (χ0n) is 15.2. The SMILES string of the molecule is O=c1c2ccccc2n2c(SCc3ccc(Cl)cc3)nnc2n1-c1ccccc1. The molecule has 0 saturated heterocycles. The number of rotatable bonds is 4. The largest absolute Gasteiger partial charge is 0.268 e. The predicted octanol–water partition coefficient (Wildman–Crippen LogP) is 4.98. The summed E-state index contributed by atoms with van der Waals surface area (Å²) >= 11 is 7.55. The highest BCUT2D eigenvalue weighted by atomic mass is 35.5. The maximum Gasteiger partial charge on any atom is 0.267 e. The predicted molar refractivity (Wildman–Crippen MR) is 117 cm³/mol. The van der Waals surface area contributed by atoms with Gasteiger partial charge in [-0.15, -0.1) is 10.2 Å². The van der Waals surface area contributed by atoms with Crippen molar-refractivity contribution in [3.8, 4) is 5.69 Å². The molecule has 0 bridgehead atoms. The first-order valence-electron chi connectivity index (χ1n) is 9.04. The Morgan fingerprint density at radius 1 is 0.862 bits per heavy atom. The van der Waals surface area contributed by atoms with Crippen LogP contribution in [0.5, 0.6) is 0 Å². The van der Waals surface area contributed by atoms with Gasteiger partial charge in [-0.1, -0.05) is 65.8 Å². The van der Waals surface area contributed by atoms with E-state index in [0.717, 1.165) is 27.7 Å². The first kappa shape index (κ1) is 18.0. The highest BCUT2D eigenvalue weighted by Gasteiger charge is 2.17. The molecule has 0 fully saturated rings. The molecule has 0 aliphatic heterocycles. The van der Waals surface area contributed by atoms with Gasteiger partial charge in [0.15, 0.2) is 5.16 Å². The molecule has 3 aromatic carbocycles. The number of halogens is 1. The van der Waals surface area contributed by atoms with Crippen molar-refractivity contribution in [2.45, 2.75) is 10.9 Å². The van der Waals surface area contributed by atoms with E-state index in [2.05, 4.69) is 10.2 Å². The first-order chi connectivity index (χ1) is 14.2. The molecule has 7 heteroatoms.